The maximum absolute atomic E-state index is 13.3. The van der Waals surface area contributed by atoms with Crippen molar-refractivity contribution in [3.05, 3.63) is 48.2 Å². The molecule has 1 saturated heterocycles. The van der Waals surface area contributed by atoms with Crippen LogP contribution in [0.4, 0.5) is 11.5 Å². The Morgan fingerprint density at radius 3 is 3.00 bits per heavy atom. The normalized spacial score (nSPS) is 19.0. The zero-order chi connectivity index (χ0) is 16.7. The predicted octanol–water partition coefficient (Wildman–Crippen LogP) is 1.94. The maximum atomic E-state index is 13.3. The summed E-state index contributed by atoms with van der Waals surface area (Å²) in [7, 11) is -3.72. The van der Waals surface area contributed by atoms with E-state index < -0.39 is 10.0 Å². The summed E-state index contributed by atoms with van der Waals surface area (Å²) in [5.74, 6) is 0.497. The fourth-order valence-electron chi connectivity index (χ4n) is 3.46. The van der Waals surface area contributed by atoms with Gasteiger partial charge in [0.1, 0.15) is 0 Å². The molecule has 0 aliphatic carbocycles. The SMILES string of the molecule is N#CCc1cccc(S(=O)(=O)N2c3ncccc3N3CCC2C3)c1. The van der Waals surface area contributed by atoms with Crippen LogP contribution in [0.25, 0.3) is 0 Å². The molecule has 2 bridgehead atoms. The van der Waals surface area contributed by atoms with E-state index in [-0.39, 0.29) is 17.4 Å². The molecule has 0 radical (unpaired) electrons. The molecule has 3 heterocycles. The standard InChI is InChI=1S/C17H16N4O2S/c18-8-6-13-3-1-4-15(11-13)24(22,23)21-14-7-10-20(12-14)16-5-2-9-19-17(16)21/h1-5,9,11,14H,6-7,10,12H2. The van der Waals surface area contributed by atoms with Crippen molar-refractivity contribution in [3.8, 4) is 6.07 Å². The number of benzene rings is 1. The molecular formula is C17H16N4O2S. The minimum absolute atomic E-state index is 0.1000. The zero-order valence-corrected chi connectivity index (χ0v) is 13.8. The Morgan fingerprint density at radius 2 is 2.17 bits per heavy atom. The lowest BCUT2D eigenvalue weighted by Crippen LogP contribution is -2.46. The lowest BCUT2D eigenvalue weighted by Gasteiger charge is -2.36. The van der Waals surface area contributed by atoms with Gasteiger partial charge in [-0.2, -0.15) is 5.26 Å². The Balaban J connectivity index is 1.83. The second-order valence-electron chi connectivity index (χ2n) is 6.02. The van der Waals surface area contributed by atoms with Crippen LogP contribution in [0.3, 0.4) is 0 Å². The molecule has 0 saturated carbocycles. The highest BCUT2D eigenvalue weighted by molar-refractivity contribution is 7.92. The van der Waals surface area contributed by atoms with Gasteiger partial charge in [-0.05, 0) is 36.2 Å². The number of hydrogen-bond donors (Lipinski definition) is 0. The first-order chi connectivity index (χ1) is 11.6. The minimum atomic E-state index is -3.72. The Kier molecular flexibility index (Phi) is 3.43. The summed E-state index contributed by atoms with van der Waals surface area (Å²) in [6.07, 6.45) is 2.60. The third-order valence-corrected chi connectivity index (χ3v) is 6.39. The Hall–Kier alpha value is -2.59. The van der Waals surface area contributed by atoms with E-state index in [1.54, 1.807) is 30.5 Å². The van der Waals surface area contributed by atoms with Crippen molar-refractivity contribution in [3.63, 3.8) is 0 Å². The van der Waals surface area contributed by atoms with E-state index in [1.807, 2.05) is 12.1 Å². The summed E-state index contributed by atoms with van der Waals surface area (Å²) in [4.78, 5) is 6.75. The molecule has 1 aromatic heterocycles. The summed E-state index contributed by atoms with van der Waals surface area (Å²) in [6, 6.07) is 12.3. The van der Waals surface area contributed by atoms with E-state index in [2.05, 4.69) is 16.0 Å². The smallest absolute Gasteiger partial charge is 0.265 e. The van der Waals surface area contributed by atoms with E-state index in [1.165, 1.54) is 4.31 Å². The van der Waals surface area contributed by atoms with Crippen LogP contribution >= 0.6 is 0 Å². The van der Waals surface area contributed by atoms with Crippen LogP contribution < -0.4 is 9.21 Å². The Bertz CT molecular complexity index is 936. The van der Waals surface area contributed by atoms with Crippen molar-refractivity contribution in [2.45, 2.75) is 23.8 Å². The molecule has 1 atom stereocenters. The molecule has 1 unspecified atom stereocenters. The molecule has 24 heavy (non-hydrogen) atoms. The van der Waals surface area contributed by atoms with E-state index in [0.717, 1.165) is 18.7 Å². The molecule has 0 amide bonds. The topological polar surface area (TPSA) is 77.3 Å². The number of pyridine rings is 1. The monoisotopic (exact) mass is 340 g/mol. The van der Waals surface area contributed by atoms with Crippen molar-refractivity contribution >= 4 is 21.5 Å². The van der Waals surface area contributed by atoms with Crippen LogP contribution in [0, 0.1) is 11.3 Å². The summed E-state index contributed by atoms with van der Waals surface area (Å²) >= 11 is 0. The van der Waals surface area contributed by atoms with Gasteiger partial charge in [0.2, 0.25) is 0 Å². The highest BCUT2D eigenvalue weighted by Crippen LogP contribution is 2.41. The van der Waals surface area contributed by atoms with Gasteiger partial charge in [0.05, 0.1) is 29.1 Å². The molecule has 2 aromatic rings. The summed E-state index contributed by atoms with van der Waals surface area (Å²) in [6.45, 7) is 1.53. The number of nitriles is 1. The molecule has 6 nitrogen and oxygen atoms in total. The van der Waals surface area contributed by atoms with Gasteiger partial charge in [0.25, 0.3) is 10.0 Å². The third-order valence-electron chi connectivity index (χ3n) is 4.55. The fourth-order valence-corrected chi connectivity index (χ4v) is 5.17. The number of nitrogens with zero attached hydrogens (tertiary/aromatic N) is 4. The summed E-state index contributed by atoms with van der Waals surface area (Å²) < 4.78 is 28.0. The molecular weight excluding hydrogens is 324 g/mol. The van der Waals surface area contributed by atoms with Crippen LogP contribution in [-0.4, -0.2) is 32.5 Å². The van der Waals surface area contributed by atoms with Crippen LogP contribution in [0.1, 0.15) is 12.0 Å². The number of aromatic nitrogens is 1. The predicted molar refractivity (Wildman–Crippen MR) is 90.3 cm³/mol. The molecule has 0 spiro atoms. The first-order valence-electron chi connectivity index (χ1n) is 7.81. The second kappa shape index (κ2) is 5.49. The van der Waals surface area contributed by atoms with Crippen molar-refractivity contribution in [1.82, 2.24) is 4.98 Å². The molecule has 1 aromatic carbocycles. The highest BCUT2D eigenvalue weighted by atomic mass is 32.2. The van der Waals surface area contributed by atoms with E-state index in [0.29, 0.717) is 17.9 Å². The number of sulfonamides is 1. The zero-order valence-electron chi connectivity index (χ0n) is 13.0. The van der Waals surface area contributed by atoms with Crippen molar-refractivity contribution in [2.75, 3.05) is 22.3 Å². The van der Waals surface area contributed by atoms with Crippen molar-refractivity contribution < 1.29 is 8.42 Å². The van der Waals surface area contributed by atoms with Gasteiger partial charge >= 0.3 is 0 Å². The lowest BCUT2D eigenvalue weighted by molar-refractivity contribution is 0.577. The number of anilines is 2. The third kappa shape index (κ3) is 2.22. The van der Waals surface area contributed by atoms with Gasteiger partial charge < -0.3 is 4.90 Å². The van der Waals surface area contributed by atoms with Crippen molar-refractivity contribution in [2.24, 2.45) is 0 Å². The average molecular weight is 340 g/mol. The van der Waals surface area contributed by atoms with Gasteiger partial charge in [-0.15, -0.1) is 0 Å². The van der Waals surface area contributed by atoms with Gasteiger partial charge in [-0.1, -0.05) is 12.1 Å². The molecule has 122 valence electrons. The Morgan fingerprint density at radius 1 is 1.29 bits per heavy atom. The number of hydrogen-bond acceptors (Lipinski definition) is 5. The highest BCUT2D eigenvalue weighted by Gasteiger charge is 2.43. The molecule has 2 aliphatic rings. The largest absolute Gasteiger partial charge is 0.366 e. The first-order valence-corrected chi connectivity index (χ1v) is 9.25. The van der Waals surface area contributed by atoms with Gasteiger partial charge in [-0.25, -0.2) is 17.7 Å². The van der Waals surface area contributed by atoms with Gasteiger partial charge in [-0.3, -0.25) is 0 Å². The Labute approximate surface area is 141 Å². The molecule has 7 heteroatoms. The van der Waals surface area contributed by atoms with Gasteiger partial charge in [0.15, 0.2) is 5.82 Å². The summed E-state index contributed by atoms with van der Waals surface area (Å²) in [5, 5.41) is 8.85. The molecule has 2 aliphatic heterocycles. The van der Waals surface area contributed by atoms with E-state index in [4.69, 9.17) is 5.26 Å². The molecule has 4 rings (SSSR count). The maximum Gasteiger partial charge on any atom is 0.265 e. The number of rotatable bonds is 3. The van der Waals surface area contributed by atoms with Crippen LogP contribution in [0.5, 0.6) is 0 Å². The van der Waals surface area contributed by atoms with Crippen LogP contribution in [0.15, 0.2) is 47.5 Å². The molecule has 0 N–H and O–H groups in total. The van der Waals surface area contributed by atoms with Crippen LogP contribution in [0.2, 0.25) is 0 Å². The average Bonchev–Trinajstić information content (AvgIpc) is 3.00. The first kappa shape index (κ1) is 15.0. The number of fused-ring (bicyclic) bond motifs is 4. The van der Waals surface area contributed by atoms with E-state index in [9.17, 15) is 8.42 Å². The second-order valence-corrected chi connectivity index (χ2v) is 7.83. The van der Waals surface area contributed by atoms with Crippen LogP contribution in [-0.2, 0) is 16.4 Å². The minimum Gasteiger partial charge on any atom is -0.366 e. The molecule has 1 fully saturated rings. The van der Waals surface area contributed by atoms with Crippen molar-refractivity contribution in [1.29, 1.82) is 5.26 Å². The fraction of sp³-hybridized carbons (Fsp3) is 0.294. The quantitative estimate of drug-likeness (QED) is 0.853. The van der Waals surface area contributed by atoms with Gasteiger partial charge in [0, 0.05) is 19.3 Å². The summed E-state index contributed by atoms with van der Waals surface area (Å²) in [5.41, 5.74) is 1.56. The lowest BCUT2D eigenvalue weighted by atomic mass is 10.2. The van der Waals surface area contributed by atoms with E-state index >= 15 is 0 Å².